The summed E-state index contributed by atoms with van der Waals surface area (Å²) in [4.78, 5) is 10.6. The number of carbonyl (C=O) groups is 1. The van der Waals surface area contributed by atoms with E-state index < -0.39 is 5.97 Å². The molecular weight excluding hydrogens is 404 g/mol. The number of hydrogen-bond acceptors (Lipinski definition) is 5. The van der Waals surface area contributed by atoms with E-state index in [1.165, 1.54) is 0 Å². The van der Waals surface area contributed by atoms with Crippen molar-refractivity contribution in [3.8, 4) is 22.9 Å². The molecule has 0 amide bonds. The van der Waals surface area contributed by atoms with Crippen LogP contribution in [-0.2, 0) is 17.9 Å². The number of nitriles is 1. The largest absolute Gasteiger partial charge is 0.489 e. The lowest BCUT2D eigenvalue weighted by atomic mass is 9.98. The number of furan rings is 1. The summed E-state index contributed by atoms with van der Waals surface area (Å²) in [7, 11) is 0. The molecule has 0 saturated carbocycles. The van der Waals surface area contributed by atoms with Crippen LogP contribution >= 0.6 is 0 Å². The number of rotatable bonds is 9. The third kappa shape index (κ3) is 5.15. The van der Waals surface area contributed by atoms with Gasteiger partial charge < -0.3 is 19.6 Å². The van der Waals surface area contributed by atoms with Crippen LogP contribution in [0.4, 0.5) is 0 Å². The van der Waals surface area contributed by atoms with E-state index in [1.54, 1.807) is 0 Å². The number of carboxylic acids is 1. The Morgan fingerprint density at radius 3 is 2.69 bits per heavy atom. The first-order valence-electron chi connectivity index (χ1n) is 10.3. The van der Waals surface area contributed by atoms with Gasteiger partial charge in [0.2, 0.25) is 0 Å². The molecule has 0 saturated heterocycles. The molecule has 0 aliphatic heterocycles. The van der Waals surface area contributed by atoms with Gasteiger partial charge in [0, 0.05) is 11.9 Å². The van der Waals surface area contributed by atoms with Gasteiger partial charge in [-0.2, -0.15) is 5.26 Å². The fourth-order valence-electron chi connectivity index (χ4n) is 3.47. The molecular formula is C26H22N2O4. The van der Waals surface area contributed by atoms with Crippen molar-refractivity contribution in [1.29, 1.82) is 5.26 Å². The number of ether oxygens (including phenoxy) is 1. The van der Waals surface area contributed by atoms with Gasteiger partial charge in [0.1, 0.15) is 23.7 Å². The summed E-state index contributed by atoms with van der Waals surface area (Å²) in [6.45, 7) is 1.19. The maximum absolute atomic E-state index is 10.6. The predicted molar refractivity (Wildman–Crippen MR) is 121 cm³/mol. The number of nitrogens with zero attached hydrogens (tertiary/aromatic N) is 1. The van der Waals surface area contributed by atoms with Crippen LogP contribution in [0.1, 0.15) is 23.3 Å². The van der Waals surface area contributed by atoms with Crippen molar-refractivity contribution >= 4 is 16.9 Å². The van der Waals surface area contributed by atoms with Gasteiger partial charge in [-0.05, 0) is 47.0 Å². The fraction of sp³-hybridized carbons (Fsp3) is 0.154. The predicted octanol–water partition coefficient (Wildman–Crippen LogP) is 5.11. The number of fused-ring (bicyclic) bond motifs is 1. The molecule has 4 rings (SSSR count). The van der Waals surface area contributed by atoms with E-state index >= 15 is 0 Å². The van der Waals surface area contributed by atoms with Crippen LogP contribution in [0.2, 0.25) is 0 Å². The molecule has 3 aromatic carbocycles. The van der Waals surface area contributed by atoms with E-state index in [2.05, 4.69) is 11.4 Å². The molecule has 1 aromatic heterocycles. The Morgan fingerprint density at radius 2 is 1.91 bits per heavy atom. The molecule has 2 N–H and O–H groups in total. The third-order valence-corrected chi connectivity index (χ3v) is 5.05. The Morgan fingerprint density at radius 1 is 1.06 bits per heavy atom. The summed E-state index contributed by atoms with van der Waals surface area (Å²) in [6.07, 6.45) is 0.0675. The molecule has 0 aliphatic carbocycles. The van der Waals surface area contributed by atoms with Crippen LogP contribution in [0.25, 0.3) is 22.1 Å². The molecule has 0 unspecified atom stereocenters. The minimum Gasteiger partial charge on any atom is -0.489 e. The lowest BCUT2D eigenvalue weighted by Gasteiger charge is -2.09. The third-order valence-electron chi connectivity index (χ3n) is 5.05. The van der Waals surface area contributed by atoms with Gasteiger partial charge >= 0.3 is 5.97 Å². The molecule has 0 spiro atoms. The molecule has 4 aromatic rings. The van der Waals surface area contributed by atoms with Gasteiger partial charge in [0.15, 0.2) is 0 Å². The van der Waals surface area contributed by atoms with Crippen molar-refractivity contribution < 1.29 is 19.1 Å². The molecule has 0 atom stereocenters. The molecule has 6 heteroatoms. The Kier molecular flexibility index (Phi) is 6.49. The van der Waals surface area contributed by atoms with Gasteiger partial charge in [-0.3, -0.25) is 4.79 Å². The topological polar surface area (TPSA) is 95.5 Å². The Balaban J connectivity index is 1.41. The Hall–Kier alpha value is -4.08. The van der Waals surface area contributed by atoms with Crippen molar-refractivity contribution in [2.75, 3.05) is 6.54 Å². The lowest BCUT2D eigenvalue weighted by molar-refractivity contribution is -0.136. The first-order chi connectivity index (χ1) is 15.6. The Bertz CT molecular complexity index is 1270. The smallest absolute Gasteiger partial charge is 0.304 e. The monoisotopic (exact) mass is 426 g/mol. The van der Waals surface area contributed by atoms with Crippen molar-refractivity contribution in [1.82, 2.24) is 5.32 Å². The van der Waals surface area contributed by atoms with Crippen LogP contribution in [0, 0.1) is 11.3 Å². The van der Waals surface area contributed by atoms with Crippen LogP contribution in [0.3, 0.4) is 0 Å². The van der Waals surface area contributed by atoms with Crippen molar-refractivity contribution in [2.45, 2.75) is 19.6 Å². The maximum Gasteiger partial charge on any atom is 0.304 e. The average Bonchev–Trinajstić information content (AvgIpc) is 3.23. The van der Waals surface area contributed by atoms with E-state index in [9.17, 15) is 10.1 Å². The number of aliphatic carboxylic acids is 1. The van der Waals surface area contributed by atoms with E-state index in [0.29, 0.717) is 31.0 Å². The minimum atomic E-state index is -0.833. The standard InChI is InChI=1S/C26H22N2O4/c27-15-21-12-18(6-8-24(21)19-4-2-1-3-5-19)17-31-22-7-9-25-20(13-22)14-23(32-25)16-28-11-10-26(29)30/h1-9,12-14,28H,10-11,16-17H2,(H,29,30). The maximum atomic E-state index is 10.6. The quantitative estimate of drug-likeness (QED) is 0.361. The fourth-order valence-corrected chi connectivity index (χ4v) is 3.47. The van der Waals surface area contributed by atoms with Crippen LogP contribution in [0.15, 0.2) is 77.2 Å². The van der Waals surface area contributed by atoms with Crippen molar-refractivity contribution in [3.63, 3.8) is 0 Å². The molecule has 1 heterocycles. The summed E-state index contributed by atoms with van der Waals surface area (Å²) < 4.78 is 11.7. The van der Waals surface area contributed by atoms with Crippen molar-refractivity contribution in [3.05, 3.63) is 89.7 Å². The zero-order valence-electron chi connectivity index (χ0n) is 17.4. The summed E-state index contributed by atoms with van der Waals surface area (Å²) in [5, 5.41) is 22.2. The van der Waals surface area contributed by atoms with Crippen LogP contribution in [0.5, 0.6) is 5.75 Å². The summed E-state index contributed by atoms with van der Waals surface area (Å²) in [5.74, 6) is 0.604. The summed E-state index contributed by atoms with van der Waals surface area (Å²) in [5.41, 5.74) is 4.18. The highest BCUT2D eigenvalue weighted by atomic mass is 16.5. The van der Waals surface area contributed by atoms with Gasteiger partial charge in [-0.15, -0.1) is 0 Å². The van der Waals surface area contributed by atoms with Gasteiger partial charge in [0.05, 0.1) is 24.6 Å². The highest BCUT2D eigenvalue weighted by Crippen LogP contribution is 2.27. The highest BCUT2D eigenvalue weighted by Gasteiger charge is 2.08. The van der Waals surface area contributed by atoms with Gasteiger partial charge in [-0.1, -0.05) is 42.5 Å². The van der Waals surface area contributed by atoms with Crippen molar-refractivity contribution in [2.24, 2.45) is 0 Å². The lowest BCUT2D eigenvalue weighted by Crippen LogP contribution is -2.17. The number of hydrogen-bond donors (Lipinski definition) is 2. The van der Waals surface area contributed by atoms with E-state index in [4.69, 9.17) is 14.3 Å². The second-order valence-corrected chi connectivity index (χ2v) is 7.38. The zero-order chi connectivity index (χ0) is 22.3. The molecule has 0 aliphatic rings. The minimum absolute atomic E-state index is 0.0675. The van der Waals surface area contributed by atoms with E-state index in [1.807, 2.05) is 72.8 Å². The van der Waals surface area contributed by atoms with Gasteiger partial charge in [-0.25, -0.2) is 0 Å². The van der Waals surface area contributed by atoms with Crippen LogP contribution < -0.4 is 10.1 Å². The SMILES string of the molecule is N#Cc1cc(COc2ccc3oc(CNCCC(=O)O)cc3c2)ccc1-c1ccccc1. The van der Waals surface area contributed by atoms with E-state index in [-0.39, 0.29) is 6.42 Å². The van der Waals surface area contributed by atoms with Crippen LogP contribution in [-0.4, -0.2) is 17.6 Å². The zero-order valence-corrected chi connectivity index (χ0v) is 17.4. The number of benzene rings is 3. The normalized spacial score (nSPS) is 10.7. The first-order valence-corrected chi connectivity index (χ1v) is 10.3. The number of carboxylic acid groups (broad SMARTS) is 1. The first kappa shape index (κ1) is 21.2. The second-order valence-electron chi connectivity index (χ2n) is 7.38. The number of nitrogens with one attached hydrogen (secondary N) is 1. The molecule has 0 radical (unpaired) electrons. The molecule has 6 nitrogen and oxygen atoms in total. The second kappa shape index (κ2) is 9.82. The molecule has 0 fully saturated rings. The summed E-state index contributed by atoms with van der Waals surface area (Å²) >= 11 is 0. The molecule has 32 heavy (non-hydrogen) atoms. The molecule has 0 bridgehead atoms. The Labute approximate surface area is 185 Å². The molecule has 160 valence electrons. The highest BCUT2D eigenvalue weighted by molar-refractivity contribution is 5.79. The summed E-state index contributed by atoms with van der Waals surface area (Å²) in [6, 6.07) is 25.4. The average molecular weight is 426 g/mol. The van der Waals surface area contributed by atoms with E-state index in [0.717, 1.165) is 33.4 Å². The van der Waals surface area contributed by atoms with Gasteiger partial charge in [0.25, 0.3) is 0 Å².